The van der Waals surface area contributed by atoms with Gasteiger partial charge in [-0.1, -0.05) is 18.3 Å². The second kappa shape index (κ2) is 4.83. The molecule has 1 saturated heterocycles. The highest BCUT2D eigenvalue weighted by Gasteiger charge is 2.22. The molecule has 5 nitrogen and oxygen atoms in total. The zero-order valence-electron chi connectivity index (χ0n) is 9.73. The lowest BCUT2D eigenvalue weighted by atomic mass is 10.1. The summed E-state index contributed by atoms with van der Waals surface area (Å²) in [6.07, 6.45) is 1.54. The number of hydrogen-bond donors (Lipinski definition) is 1. The van der Waals surface area contributed by atoms with Crippen molar-refractivity contribution in [3.63, 3.8) is 0 Å². The minimum absolute atomic E-state index is 0.0272. The number of thiazole rings is 1. The molecule has 6 heteroatoms. The molecule has 0 atom stereocenters. The van der Waals surface area contributed by atoms with E-state index >= 15 is 0 Å². The highest BCUT2D eigenvalue weighted by molar-refractivity contribution is 7.18. The summed E-state index contributed by atoms with van der Waals surface area (Å²) in [6.45, 7) is 3.15. The van der Waals surface area contributed by atoms with E-state index in [4.69, 9.17) is 5.73 Å². The maximum absolute atomic E-state index is 11.6. The van der Waals surface area contributed by atoms with E-state index in [1.807, 2.05) is 4.90 Å². The lowest BCUT2D eigenvalue weighted by molar-refractivity contribution is -0.119. The maximum Gasteiger partial charge on any atom is 0.188 e. The monoisotopic (exact) mass is 253 g/mol. The molecule has 1 aliphatic heterocycles. The average molecular weight is 253 g/mol. The Hall–Kier alpha value is -1.43. The van der Waals surface area contributed by atoms with Crippen molar-refractivity contribution in [1.29, 1.82) is 0 Å². The third-order valence-electron chi connectivity index (χ3n) is 2.81. The molecule has 0 unspecified atom stereocenters. The number of aromatic nitrogens is 1. The summed E-state index contributed by atoms with van der Waals surface area (Å²) < 4.78 is 0. The summed E-state index contributed by atoms with van der Waals surface area (Å²) in [5.41, 5.74) is 5.74. The predicted molar refractivity (Wildman–Crippen MR) is 67.6 cm³/mol. The molecule has 92 valence electrons. The number of anilines is 2. The third-order valence-corrected chi connectivity index (χ3v) is 3.98. The van der Waals surface area contributed by atoms with Crippen LogP contribution in [-0.2, 0) is 4.79 Å². The summed E-state index contributed by atoms with van der Waals surface area (Å²) in [5.74, 6) is 0.628. The molecule has 0 aromatic carbocycles. The zero-order chi connectivity index (χ0) is 12.4. The Labute approximate surface area is 104 Å². The number of piperidine rings is 1. The lowest BCUT2D eigenvalue weighted by Crippen LogP contribution is -2.33. The maximum atomic E-state index is 11.6. The summed E-state index contributed by atoms with van der Waals surface area (Å²) >= 11 is 1.33. The highest BCUT2D eigenvalue weighted by atomic mass is 32.1. The number of nitrogens with zero attached hydrogens (tertiary/aromatic N) is 2. The first-order chi connectivity index (χ1) is 8.11. The van der Waals surface area contributed by atoms with Gasteiger partial charge in [-0.15, -0.1) is 0 Å². The number of nitrogens with two attached hydrogens (primary N) is 1. The Bertz CT molecular complexity index is 446. The van der Waals surface area contributed by atoms with Gasteiger partial charge in [-0.25, -0.2) is 4.98 Å². The van der Waals surface area contributed by atoms with Gasteiger partial charge in [0.05, 0.1) is 0 Å². The van der Waals surface area contributed by atoms with Crippen molar-refractivity contribution in [3.05, 3.63) is 4.88 Å². The van der Waals surface area contributed by atoms with Gasteiger partial charge >= 0.3 is 0 Å². The van der Waals surface area contributed by atoms with Crippen LogP contribution in [-0.4, -0.2) is 29.6 Å². The fraction of sp³-hybridized carbons (Fsp3) is 0.545. The van der Waals surface area contributed by atoms with Gasteiger partial charge in [0, 0.05) is 32.4 Å². The van der Waals surface area contributed by atoms with Crippen LogP contribution in [0.2, 0.25) is 0 Å². The van der Waals surface area contributed by atoms with Gasteiger partial charge in [-0.2, -0.15) is 0 Å². The molecule has 0 amide bonds. The van der Waals surface area contributed by atoms with Crippen LogP contribution in [0.15, 0.2) is 0 Å². The minimum Gasteiger partial charge on any atom is -0.382 e. The Kier molecular flexibility index (Phi) is 3.42. The van der Waals surface area contributed by atoms with E-state index in [1.54, 1.807) is 6.92 Å². The van der Waals surface area contributed by atoms with Crippen LogP contribution < -0.4 is 10.6 Å². The Balaban J connectivity index is 2.17. The van der Waals surface area contributed by atoms with Gasteiger partial charge in [0.1, 0.15) is 16.5 Å². The number of nitrogen functional groups attached to an aromatic ring is 1. The van der Waals surface area contributed by atoms with Gasteiger partial charge in [0.2, 0.25) is 0 Å². The van der Waals surface area contributed by atoms with Crippen molar-refractivity contribution in [3.8, 4) is 0 Å². The number of Topliss-reactive ketones (excluding diaryl/α,β-unsaturated/α-hetero) is 2. The Morgan fingerprint density at radius 3 is 2.71 bits per heavy atom. The minimum atomic E-state index is 0.0272. The number of ketones is 2. The van der Waals surface area contributed by atoms with Crippen LogP contribution in [0.3, 0.4) is 0 Å². The molecule has 1 aliphatic rings. The second-order valence-electron chi connectivity index (χ2n) is 4.01. The van der Waals surface area contributed by atoms with Crippen LogP contribution in [0, 0.1) is 0 Å². The molecule has 0 aliphatic carbocycles. The number of rotatable bonds is 3. The number of carbonyl (C=O) groups is 2. The lowest BCUT2D eigenvalue weighted by Gasteiger charge is -2.25. The average Bonchev–Trinajstić information content (AvgIpc) is 2.71. The SMILES string of the molecule is CCC(=O)c1sc(N2CCC(=O)CC2)nc1N. The fourth-order valence-corrected chi connectivity index (χ4v) is 2.81. The molecule has 1 fully saturated rings. The first kappa shape index (κ1) is 12.0. The molecule has 0 spiro atoms. The number of carbonyl (C=O) groups excluding carboxylic acids is 2. The van der Waals surface area contributed by atoms with Crippen molar-refractivity contribution in [2.45, 2.75) is 26.2 Å². The van der Waals surface area contributed by atoms with Crippen LogP contribution >= 0.6 is 11.3 Å². The van der Waals surface area contributed by atoms with E-state index in [9.17, 15) is 9.59 Å². The third kappa shape index (κ3) is 2.46. The topological polar surface area (TPSA) is 76.3 Å². The van der Waals surface area contributed by atoms with Gasteiger partial charge in [0.25, 0.3) is 0 Å². The molecule has 17 heavy (non-hydrogen) atoms. The highest BCUT2D eigenvalue weighted by Crippen LogP contribution is 2.30. The molecule has 0 saturated carbocycles. The van der Waals surface area contributed by atoms with Gasteiger partial charge in [0.15, 0.2) is 10.9 Å². The van der Waals surface area contributed by atoms with E-state index in [2.05, 4.69) is 4.98 Å². The van der Waals surface area contributed by atoms with Gasteiger partial charge in [-0.05, 0) is 0 Å². The van der Waals surface area contributed by atoms with E-state index in [0.717, 1.165) is 5.13 Å². The smallest absolute Gasteiger partial charge is 0.188 e. The number of hydrogen-bond acceptors (Lipinski definition) is 6. The van der Waals surface area contributed by atoms with Gasteiger partial charge < -0.3 is 10.6 Å². The molecule has 1 aromatic rings. The predicted octanol–water partition coefficient (Wildman–Crippen LogP) is 1.49. The standard InChI is InChI=1S/C11H15N3O2S/c1-2-8(16)9-10(12)13-11(17-9)14-5-3-7(15)4-6-14/h2-6,12H2,1H3. The summed E-state index contributed by atoms with van der Waals surface area (Å²) in [7, 11) is 0. The summed E-state index contributed by atoms with van der Waals surface area (Å²) in [5, 5.41) is 0.756. The zero-order valence-corrected chi connectivity index (χ0v) is 10.5. The van der Waals surface area contributed by atoms with Crippen molar-refractivity contribution >= 4 is 33.9 Å². The largest absolute Gasteiger partial charge is 0.382 e. The first-order valence-electron chi connectivity index (χ1n) is 5.68. The van der Waals surface area contributed by atoms with Crippen molar-refractivity contribution in [2.24, 2.45) is 0 Å². The fourth-order valence-electron chi connectivity index (χ4n) is 1.76. The molecular formula is C11H15N3O2S. The van der Waals surface area contributed by atoms with Gasteiger partial charge in [-0.3, -0.25) is 9.59 Å². The van der Waals surface area contributed by atoms with E-state index in [1.165, 1.54) is 11.3 Å². The molecule has 0 radical (unpaired) electrons. The van der Waals surface area contributed by atoms with Crippen LogP contribution in [0.1, 0.15) is 35.9 Å². The molecule has 2 heterocycles. The van der Waals surface area contributed by atoms with E-state index in [-0.39, 0.29) is 11.6 Å². The molecule has 2 rings (SSSR count). The van der Waals surface area contributed by atoms with Crippen LogP contribution in [0.25, 0.3) is 0 Å². The van der Waals surface area contributed by atoms with Crippen molar-refractivity contribution < 1.29 is 9.59 Å². The van der Waals surface area contributed by atoms with E-state index < -0.39 is 0 Å². The second-order valence-corrected chi connectivity index (χ2v) is 4.99. The van der Waals surface area contributed by atoms with Crippen molar-refractivity contribution in [1.82, 2.24) is 4.98 Å². The summed E-state index contributed by atoms with van der Waals surface area (Å²) in [4.78, 5) is 29.5. The Morgan fingerprint density at radius 1 is 1.47 bits per heavy atom. The first-order valence-corrected chi connectivity index (χ1v) is 6.49. The van der Waals surface area contributed by atoms with Crippen LogP contribution in [0.5, 0.6) is 0 Å². The molecule has 2 N–H and O–H groups in total. The molecular weight excluding hydrogens is 238 g/mol. The van der Waals surface area contributed by atoms with Crippen LogP contribution in [0.4, 0.5) is 10.9 Å². The van der Waals surface area contributed by atoms with E-state index in [0.29, 0.717) is 43.0 Å². The summed E-state index contributed by atoms with van der Waals surface area (Å²) in [6, 6.07) is 0. The normalized spacial score (nSPS) is 16.3. The molecule has 0 bridgehead atoms. The Morgan fingerprint density at radius 2 is 2.12 bits per heavy atom. The quantitative estimate of drug-likeness (QED) is 0.826. The van der Waals surface area contributed by atoms with Crippen molar-refractivity contribution in [2.75, 3.05) is 23.7 Å². The molecule has 1 aromatic heterocycles.